The molecule has 0 bridgehead atoms. The summed E-state index contributed by atoms with van der Waals surface area (Å²) in [4.78, 5) is 0. The Hall–Kier alpha value is -0.590. The minimum Gasteiger partial charge on any atom is -0.207 e. The van der Waals surface area contributed by atoms with E-state index in [4.69, 9.17) is 0 Å². The van der Waals surface area contributed by atoms with Gasteiger partial charge in [0.15, 0.2) is 0 Å². The summed E-state index contributed by atoms with van der Waals surface area (Å²) in [5.74, 6) is -0.154. The minimum absolute atomic E-state index is 0.154. The molecule has 36 valence electrons. The Kier molecular flexibility index (Phi) is 1.25. The molecule has 1 heteroatoms. The first-order valence-electron chi connectivity index (χ1n) is 2.15. The molecular formula is C6H5F. The lowest BCUT2D eigenvalue weighted by Crippen LogP contribution is -1.75. The maximum Gasteiger partial charge on any atom is 0.118 e. The van der Waals surface area contributed by atoms with Crippen molar-refractivity contribution >= 4 is 0 Å². The highest BCUT2D eigenvalue weighted by Gasteiger charge is 1.91. The van der Waals surface area contributed by atoms with Gasteiger partial charge in [-0.1, -0.05) is 6.08 Å². The number of rotatable bonds is 0. The average molecular weight is 96.1 g/mol. The molecule has 7 heavy (non-hydrogen) atoms. The molecule has 0 saturated carbocycles. The SMILES string of the molecule is FC1=CC[C]C=C1. The molecule has 1 aliphatic rings. The van der Waals surface area contributed by atoms with Gasteiger partial charge in [0.2, 0.25) is 0 Å². The van der Waals surface area contributed by atoms with E-state index in [1.807, 2.05) is 0 Å². The number of halogens is 1. The molecule has 0 amide bonds. The smallest absolute Gasteiger partial charge is 0.118 e. The van der Waals surface area contributed by atoms with Gasteiger partial charge in [-0.25, -0.2) is 4.39 Å². The Morgan fingerprint density at radius 2 is 2.57 bits per heavy atom. The summed E-state index contributed by atoms with van der Waals surface area (Å²) in [5, 5.41) is 0. The van der Waals surface area contributed by atoms with Gasteiger partial charge in [0.25, 0.3) is 0 Å². The number of hydrogen-bond donors (Lipinski definition) is 0. The molecule has 0 N–H and O–H groups in total. The fraction of sp³-hybridized carbons (Fsp3) is 0.167. The van der Waals surface area contributed by atoms with Gasteiger partial charge < -0.3 is 0 Å². The van der Waals surface area contributed by atoms with E-state index < -0.39 is 0 Å². The average Bonchev–Trinajstić information content (AvgIpc) is 1.69. The fourth-order valence-electron chi connectivity index (χ4n) is 0.431. The molecule has 0 atom stereocenters. The first-order valence-corrected chi connectivity index (χ1v) is 2.15. The van der Waals surface area contributed by atoms with Crippen molar-refractivity contribution in [2.45, 2.75) is 6.42 Å². The highest BCUT2D eigenvalue weighted by atomic mass is 19.1. The molecule has 1 aliphatic carbocycles. The van der Waals surface area contributed by atoms with Gasteiger partial charge >= 0.3 is 0 Å². The zero-order chi connectivity index (χ0) is 5.11. The van der Waals surface area contributed by atoms with E-state index >= 15 is 0 Å². The Morgan fingerprint density at radius 3 is 2.86 bits per heavy atom. The summed E-state index contributed by atoms with van der Waals surface area (Å²) in [6, 6.07) is 0. The lowest BCUT2D eigenvalue weighted by Gasteiger charge is -1.92. The van der Waals surface area contributed by atoms with Gasteiger partial charge in [-0.2, -0.15) is 0 Å². The molecule has 0 aromatic rings. The second-order valence-electron chi connectivity index (χ2n) is 1.33. The quantitative estimate of drug-likeness (QED) is 0.432. The van der Waals surface area contributed by atoms with Crippen LogP contribution in [0.1, 0.15) is 6.42 Å². The summed E-state index contributed by atoms with van der Waals surface area (Å²) in [6.07, 6.45) is 7.90. The minimum atomic E-state index is -0.154. The first kappa shape index (κ1) is 4.57. The van der Waals surface area contributed by atoms with Crippen molar-refractivity contribution in [1.82, 2.24) is 0 Å². The van der Waals surface area contributed by atoms with E-state index in [9.17, 15) is 4.39 Å². The van der Waals surface area contributed by atoms with E-state index in [1.165, 1.54) is 12.2 Å². The standard InChI is InChI=1S/C6H5F/c7-6-4-2-1-3-5-6/h2,4-5H,3H2. The fourth-order valence-corrected chi connectivity index (χ4v) is 0.431. The van der Waals surface area contributed by atoms with E-state index in [0.29, 0.717) is 6.42 Å². The van der Waals surface area contributed by atoms with Crippen LogP contribution in [0.15, 0.2) is 24.1 Å². The van der Waals surface area contributed by atoms with Crippen molar-refractivity contribution in [3.8, 4) is 0 Å². The van der Waals surface area contributed by atoms with Crippen molar-refractivity contribution < 1.29 is 4.39 Å². The highest BCUT2D eigenvalue weighted by molar-refractivity contribution is 5.20. The van der Waals surface area contributed by atoms with Crippen LogP contribution in [0.25, 0.3) is 0 Å². The molecule has 0 heterocycles. The maximum atomic E-state index is 11.9. The topological polar surface area (TPSA) is 0 Å². The third-order valence-corrected chi connectivity index (χ3v) is 0.775. The van der Waals surface area contributed by atoms with Crippen molar-refractivity contribution in [3.05, 3.63) is 30.5 Å². The number of allylic oxidation sites excluding steroid dienone is 4. The largest absolute Gasteiger partial charge is 0.207 e. The summed E-state index contributed by atoms with van der Waals surface area (Å²) in [6.45, 7) is 0. The van der Waals surface area contributed by atoms with Crippen molar-refractivity contribution in [2.24, 2.45) is 0 Å². The van der Waals surface area contributed by atoms with Crippen molar-refractivity contribution in [3.63, 3.8) is 0 Å². The third kappa shape index (κ3) is 1.15. The predicted octanol–water partition coefficient (Wildman–Crippen LogP) is 1.88. The second kappa shape index (κ2) is 1.92. The molecule has 0 aromatic carbocycles. The first-order chi connectivity index (χ1) is 3.39. The van der Waals surface area contributed by atoms with Crippen LogP contribution >= 0.6 is 0 Å². The van der Waals surface area contributed by atoms with Crippen LogP contribution in [0.5, 0.6) is 0 Å². The molecule has 0 unspecified atom stereocenters. The van der Waals surface area contributed by atoms with Crippen LogP contribution in [0.4, 0.5) is 4.39 Å². The third-order valence-electron chi connectivity index (χ3n) is 0.775. The molecule has 0 fully saturated rings. The van der Waals surface area contributed by atoms with Gasteiger partial charge in [0.1, 0.15) is 5.83 Å². The van der Waals surface area contributed by atoms with Crippen LogP contribution in [-0.2, 0) is 0 Å². The Morgan fingerprint density at radius 1 is 1.71 bits per heavy atom. The van der Waals surface area contributed by atoms with E-state index in [2.05, 4.69) is 6.42 Å². The lowest BCUT2D eigenvalue weighted by molar-refractivity contribution is 0.658. The van der Waals surface area contributed by atoms with Crippen LogP contribution in [-0.4, -0.2) is 0 Å². The van der Waals surface area contributed by atoms with Gasteiger partial charge in [-0.05, 0) is 18.6 Å². The highest BCUT2D eigenvalue weighted by Crippen LogP contribution is 2.08. The lowest BCUT2D eigenvalue weighted by atomic mass is 10.2. The zero-order valence-electron chi connectivity index (χ0n) is 3.82. The molecule has 0 nitrogen and oxygen atoms in total. The van der Waals surface area contributed by atoms with Crippen LogP contribution in [0.2, 0.25) is 0 Å². The molecule has 0 spiro atoms. The summed E-state index contributed by atoms with van der Waals surface area (Å²) < 4.78 is 11.9. The molecule has 1 rings (SSSR count). The normalized spacial score (nSPS) is 19.3. The molecule has 0 saturated heterocycles. The number of hydrogen-bond acceptors (Lipinski definition) is 0. The monoisotopic (exact) mass is 96.0 g/mol. The summed E-state index contributed by atoms with van der Waals surface area (Å²) in [7, 11) is 0. The van der Waals surface area contributed by atoms with Crippen LogP contribution in [0, 0.1) is 6.42 Å². The Labute approximate surface area is 42.3 Å². The van der Waals surface area contributed by atoms with Gasteiger partial charge in [-0.3, -0.25) is 0 Å². The van der Waals surface area contributed by atoms with Crippen LogP contribution in [0.3, 0.4) is 0 Å². The summed E-state index contributed by atoms with van der Waals surface area (Å²) in [5.41, 5.74) is 0. The molecule has 0 aliphatic heterocycles. The van der Waals surface area contributed by atoms with Crippen molar-refractivity contribution in [1.29, 1.82) is 0 Å². The van der Waals surface area contributed by atoms with Gasteiger partial charge in [0, 0.05) is 6.42 Å². The zero-order valence-corrected chi connectivity index (χ0v) is 3.82. The molecular weight excluding hydrogens is 91.1 g/mol. The second-order valence-corrected chi connectivity index (χ2v) is 1.33. The van der Waals surface area contributed by atoms with Gasteiger partial charge in [-0.15, -0.1) is 0 Å². The Balaban J connectivity index is 2.58. The van der Waals surface area contributed by atoms with Crippen LogP contribution < -0.4 is 0 Å². The Bertz CT molecular complexity index is 111. The molecule has 2 radical (unpaired) electrons. The van der Waals surface area contributed by atoms with Gasteiger partial charge in [0.05, 0.1) is 0 Å². The summed E-state index contributed by atoms with van der Waals surface area (Å²) >= 11 is 0. The van der Waals surface area contributed by atoms with E-state index in [1.54, 1.807) is 6.08 Å². The van der Waals surface area contributed by atoms with E-state index in [-0.39, 0.29) is 5.83 Å². The predicted molar refractivity (Wildman–Crippen MR) is 26.2 cm³/mol. The van der Waals surface area contributed by atoms with E-state index in [0.717, 1.165) is 0 Å². The van der Waals surface area contributed by atoms with Crippen molar-refractivity contribution in [2.75, 3.05) is 0 Å². The maximum absolute atomic E-state index is 11.9. The molecule has 0 aromatic heterocycles.